The van der Waals surface area contributed by atoms with Gasteiger partial charge in [-0.3, -0.25) is 0 Å². The van der Waals surface area contributed by atoms with Gasteiger partial charge in [-0.05, 0) is 6.42 Å². The Kier molecular flexibility index (Phi) is 16.3. The van der Waals surface area contributed by atoms with Crippen LogP contribution in [-0.2, 0) is 9.53 Å². The van der Waals surface area contributed by atoms with Crippen molar-refractivity contribution in [1.29, 1.82) is 0 Å². The number of hydrogen-bond acceptors (Lipinski definition) is 3. The number of hydrogen-bond donors (Lipinski definition) is 1. The molecule has 1 unspecified atom stereocenters. The molecule has 0 aliphatic carbocycles. The van der Waals surface area contributed by atoms with Crippen molar-refractivity contribution < 1.29 is 9.53 Å². The molecule has 0 fully saturated rings. The number of ether oxygens (including phenoxy) is 1. The molecule has 0 aromatic rings. The van der Waals surface area contributed by atoms with Crippen molar-refractivity contribution in [1.82, 2.24) is 5.32 Å². The van der Waals surface area contributed by atoms with Crippen molar-refractivity contribution in [2.45, 2.75) is 30.8 Å². The summed E-state index contributed by atoms with van der Waals surface area (Å²) in [6.07, 6.45) is 1.74. The fraction of sp³-hybridized carbons (Fsp3) is 0.900. The number of carbonyl (C=O) groups is 1. The number of carbonyl (C=O) groups excluding carboxylic acids is 1. The molecule has 4 heteroatoms. The van der Waals surface area contributed by atoms with Crippen LogP contribution in [0, 0.1) is 5.92 Å². The molecule has 83 valence electrons. The molecule has 0 aromatic carbocycles. The average molecular weight is 395 g/mol. The van der Waals surface area contributed by atoms with Crippen molar-refractivity contribution in [3.8, 4) is 0 Å². The topological polar surface area (TPSA) is 38.3 Å². The van der Waals surface area contributed by atoms with Gasteiger partial charge in [0, 0.05) is 6.61 Å². The molecule has 3 radical (unpaired) electrons. The number of rotatable bonds is 6. The van der Waals surface area contributed by atoms with E-state index in [1.54, 1.807) is 0 Å². The van der Waals surface area contributed by atoms with E-state index < -0.39 is 0 Å². The molecule has 0 saturated heterocycles. The van der Waals surface area contributed by atoms with Gasteiger partial charge in [-0.15, -0.1) is 0 Å². The standard InChI is InChI=1S/C5H12N.C5H10O2.Pb/c1-5(2)4-6-3;1-2-4-7-5-3-6;/h4-6H,1-3H3;3H,2,4-5H2,1H3;. The molecule has 0 amide bonds. The summed E-state index contributed by atoms with van der Waals surface area (Å²) in [6, 6.07) is 0. The van der Waals surface area contributed by atoms with Gasteiger partial charge in [0.25, 0.3) is 0 Å². The summed E-state index contributed by atoms with van der Waals surface area (Å²) in [6.45, 7) is 7.43. The first kappa shape index (κ1) is 16.9. The Morgan fingerprint density at radius 1 is 1.50 bits per heavy atom. The number of aldehydes is 1. The van der Waals surface area contributed by atoms with Gasteiger partial charge >= 0.3 is 61.5 Å². The first-order chi connectivity index (χ1) is 6.59. The Hall–Kier alpha value is 0.512. The van der Waals surface area contributed by atoms with Gasteiger partial charge in [0.15, 0.2) is 0 Å². The van der Waals surface area contributed by atoms with Gasteiger partial charge < -0.3 is 9.53 Å². The van der Waals surface area contributed by atoms with Gasteiger partial charge in [0.05, 0.1) is 0 Å². The third-order valence-electron chi connectivity index (χ3n) is 1.51. The molecule has 0 aliphatic rings. The molecule has 0 saturated carbocycles. The number of nitrogens with one attached hydrogen (secondary N) is 1. The van der Waals surface area contributed by atoms with Gasteiger partial charge in [-0.2, -0.15) is 0 Å². The molecule has 0 aromatic heterocycles. The van der Waals surface area contributed by atoms with E-state index in [2.05, 4.69) is 19.2 Å². The van der Waals surface area contributed by atoms with E-state index in [-0.39, 0.29) is 6.61 Å². The summed E-state index contributed by atoms with van der Waals surface area (Å²) >= 11 is 1.26. The van der Waals surface area contributed by atoms with Gasteiger partial charge in [-0.25, -0.2) is 0 Å². The van der Waals surface area contributed by atoms with Crippen molar-refractivity contribution in [3.05, 3.63) is 0 Å². The third-order valence-corrected chi connectivity index (χ3v) is 5.23. The van der Waals surface area contributed by atoms with Crippen LogP contribution in [0.25, 0.3) is 0 Å². The zero-order valence-electron chi connectivity index (χ0n) is 9.67. The minimum atomic E-state index is 0.244. The Morgan fingerprint density at radius 2 is 2.07 bits per heavy atom. The van der Waals surface area contributed by atoms with E-state index in [0.29, 0.717) is 6.61 Å². The summed E-state index contributed by atoms with van der Waals surface area (Å²) < 4.78 is 5.56. The second kappa shape index (κ2) is 13.5. The van der Waals surface area contributed by atoms with E-state index in [0.717, 1.165) is 22.2 Å². The molecule has 3 nitrogen and oxygen atoms in total. The van der Waals surface area contributed by atoms with E-state index in [4.69, 9.17) is 4.74 Å². The van der Waals surface area contributed by atoms with Crippen LogP contribution in [0.3, 0.4) is 0 Å². The summed E-state index contributed by atoms with van der Waals surface area (Å²) in [5.74, 6) is 0.816. The molecule has 0 rings (SSSR count). The van der Waals surface area contributed by atoms with Crippen LogP contribution >= 0.6 is 0 Å². The fourth-order valence-corrected chi connectivity index (χ4v) is 0.609. The zero-order chi connectivity index (χ0) is 11.4. The molecular formula is C10H22NO2Pb. The Balaban J connectivity index is 0. The van der Waals surface area contributed by atoms with Gasteiger partial charge in [0.2, 0.25) is 0 Å². The molecule has 1 atom stereocenters. The second-order valence-electron chi connectivity index (χ2n) is 3.25. The monoisotopic (exact) mass is 396 g/mol. The maximum atomic E-state index is 9.55. The third kappa shape index (κ3) is 15.0. The van der Waals surface area contributed by atoms with Gasteiger partial charge in [0.1, 0.15) is 12.9 Å². The van der Waals surface area contributed by atoms with Crippen LogP contribution in [0.2, 0.25) is 0 Å². The SMILES string of the molecule is CCCOCC=O.CN[CH]([Pb])C(C)C. The maximum absolute atomic E-state index is 9.55. The summed E-state index contributed by atoms with van der Waals surface area (Å²) in [5.41, 5.74) is 0. The second-order valence-corrected chi connectivity index (χ2v) is 5.67. The van der Waals surface area contributed by atoms with Crippen LogP contribution in [0.1, 0.15) is 27.2 Å². The van der Waals surface area contributed by atoms with Crippen LogP contribution in [0.15, 0.2) is 0 Å². The van der Waals surface area contributed by atoms with Crippen LogP contribution in [0.5, 0.6) is 0 Å². The summed E-state index contributed by atoms with van der Waals surface area (Å²) in [7, 11) is 2.03. The Morgan fingerprint density at radius 3 is 2.29 bits per heavy atom. The van der Waals surface area contributed by atoms with E-state index in [9.17, 15) is 4.79 Å². The van der Waals surface area contributed by atoms with Crippen molar-refractivity contribution in [2.75, 3.05) is 20.3 Å². The minimum absolute atomic E-state index is 0.244. The van der Waals surface area contributed by atoms with Crippen LogP contribution in [-0.4, -0.2) is 55.9 Å². The quantitative estimate of drug-likeness (QED) is 0.414. The van der Waals surface area contributed by atoms with E-state index in [1.807, 2.05) is 14.0 Å². The average Bonchev–Trinajstić information content (AvgIpc) is 2.18. The zero-order valence-corrected chi connectivity index (χ0v) is 13.6. The van der Waals surface area contributed by atoms with Crippen LogP contribution in [0.4, 0.5) is 0 Å². The predicted octanol–water partition coefficient (Wildman–Crippen LogP) is 0.968. The van der Waals surface area contributed by atoms with Crippen molar-refractivity contribution >= 4 is 32.1 Å². The van der Waals surface area contributed by atoms with Crippen LogP contribution < -0.4 is 5.32 Å². The normalized spacial score (nSPS) is 11.9. The molecule has 1 N–H and O–H groups in total. The van der Waals surface area contributed by atoms with E-state index in [1.165, 1.54) is 25.8 Å². The molecular weight excluding hydrogens is 373 g/mol. The van der Waals surface area contributed by atoms with E-state index >= 15 is 0 Å². The van der Waals surface area contributed by atoms with Gasteiger partial charge in [-0.1, -0.05) is 6.92 Å². The molecule has 0 spiro atoms. The molecule has 14 heavy (non-hydrogen) atoms. The first-order valence-corrected chi connectivity index (χ1v) is 7.24. The summed E-state index contributed by atoms with van der Waals surface area (Å²) in [4.78, 5) is 9.55. The Labute approximate surface area is 104 Å². The van der Waals surface area contributed by atoms with Crippen molar-refractivity contribution in [2.24, 2.45) is 5.92 Å². The first-order valence-electron chi connectivity index (χ1n) is 4.99. The van der Waals surface area contributed by atoms with Crippen molar-refractivity contribution in [3.63, 3.8) is 0 Å². The predicted molar refractivity (Wildman–Crippen MR) is 60.6 cm³/mol. The molecule has 0 aliphatic heterocycles. The fourth-order valence-electron chi connectivity index (χ4n) is 0.609. The summed E-state index contributed by atoms with van der Waals surface area (Å²) in [5, 5.41) is 3.23. The molecule has 0 heterocycles. The Bertz CT molecular complexity index is 121. The molecule has 0 bridgehead atoms.